The third-order valence-electron chi connectivity index (χ3n) is 1.45. The molecule has 1 rings (SSSR count). The van der Waals surface area contributed by atoms with Crippen molar-refractivity contribution < 1.29 is 0 Å². The molecule has 0 nitrogen and oxygen atoms in total. The number of allylic oxidation sites excluding steroid dienone is 4. The van der Waals surface area contributed by atoms with Gasteiger partial charge in [0.25, 0.3) is 0 Å². The molecule has 0 spiro atoms. The molecule has 0 saturated heterocycles. The van der Waals surface area contributed by atoms with Crippen LogP contribution in [0.3, 0.4) is 0 Å². The van der Waals surface area contributed by atoms with Crippen LogP contribution in [-0.4, -0.2) is 0 Å². The Balaban J connectivity index is 2.88. The van der Waals surface area contributed by atoms with Crippen LogP contribution in [0.15, 0.2) is 20.3 Å². The average molecular weight is 254 g/mol. The summed E-state index contributed by atoms with van der Waals surface area (Å²) in [5, 5.41) is 1.03. The maximum atomic E-state index is 5.90. The fourth-order valence-corrected chi connectivity index (χ4v) is 1.80. The Morgan fingerprint density at radius 3 is 2.78 bits per heavy atom. The fourth-order valence-electron chi connectivity index (χ4n) is 0.796. The molecular weight excluding hydrogens is 246 g/mol. The van der Waals surface area contributed by atoms with Gasteiger partial charge >= 0.3 is 0 Å². The highest BCUT2D eigenvalue weighted by Crippen LogP contribution is 2.30. The van der Waals surface area contributed by atoms with Crippen LogP contribution < -0.4 is 0 Å². The summed E-state index contributed by atoms with van der Waals surface area (Å²) < 4.78 is 1.31. The first-order valence-corrected chi connectivity index (χ1v) is 4.39. The van der Waals surface area contributed by atoms with E-state index in [4.69, 9.17) is 11.6 Å². The van der Waals surface area contributed by atoms with Gasteiger partial charge in [0.2, 0.25) is 0 Å². The van der Waals surface area contributed by atoms with Crippen LogP contribution in [0, 0.1) is 0 Å². The van der Waals surface area contributed by atoms with E-state index in [9.17, 15) is 0 Å². The molecule has 0 bridgehead atoms. The Morgan fingerprint density at radius 2 is 2.33 bits per heavy atom. The molecular formula is C7H8ClI. The van der Waals surface area contributed by atoms with E-state index >= 15 is 0 Å². The summed E-state index contributed by atoms with van der Waals surface area (Å²) in [5.41, 5.74) is 1.25. The van der Waals surface area contributed by atoms with Gasteiger partial charge in [-0.2, -0.15) is 0 Å². The van der Waals surface area contributed by atoms with Crippen LogP contribution in [0.25, 0.3) is 0 Å². The molecule has 0 aromatic heterocycles. The summed E-state index contributed by atoms with van der Waals surface area (Å²) in [5.74, 6) is 0. The minimum Gasteiger partial charge on any atom is -0.0888 e. The summed E-state index contributed by atoms with van der Waals surface area (Å²) in [6.45, 7) is 2.07. The smallest absolute Gasteiger partial charge is 0.0223 e. The van der Waals surface area contributed by atoms with E-state index in [0.717, 1.165) is 17.9 Å². The van der Waals surface area contributed by atoms with Crippen molar-refractivity contribution in [3.05, 3.63) is 20.3 Å². The van der Waals surface area contributed by atoms with E-state index in [0.29, 0.717) is 0 Å². The zero-order valence-corrected chi connectivity index (χ0v) is 8.16. The molecule has 50 valence electrons. The van der Waals surface area contributed by atoms with Gasteiger partial charge in [0, 0.05) is 8.61 Å². The minimum atomic E-state index is 1.03. The Bertz CT molecular complexity index is 179. The predicted octanol–water partition coefficient (Wildman–Crippen LogP) is 3.61. The summed E-state index contributed by atoms with van der Waals surface area (Å²) in [7, 11) is 0. The van der Waals surface area contributed by atoms with Crippen LogP contribution in [0.4, 0.5) is 0 Å². The Kier molecular flexibility index (Phi) is 2.59. The van der Waals surface area contributed by atoms with Gasteiger partial charge in [-0.3, -0.25) is 0 Å². The maximum absolute atomic E-state index is 5.90. The van der Waals surface area contributed by atoms with Crippen molar-refractivity contribution in [2.75, 3.05) is 0 Å². The van der Waals surface area contributed by atoms with E-state index in [1.54, 1.807) is 0 Å². The van der Waals surface area contributed by atoms with E-state index < -0.39 is 0 Å². The predicted molar refractivity (Wildman–Crippen MR) is 49.9 cm³/mol. The first kappa shape index (κ1) is 7.61. The Hall–Kier alpha value is 0.500. The van der Waals surface area contributed by atoms with Gasteiger partial charge in [0.15, 0.2) is 0 Å². The second-order valence-electron chi connectivity index (χ2n) is 2.12. The van der Waals surface area contributed by atoms with Crippen molar-refractivity contribution in [2.45, 2.75) is 19.8 Å². The molecule has 2 heteroatoms. The first-order valence-electron chi connectivity index (χ1n) is 2.93. The standard InChI is InChI=1S/C7H8ClI/c1-5-6(8)3-2-4-7(5)9/h4H,2-3H2,1H3. The van der Waals surface area contributed by atoms with Gasteiger partial charge in [-0.1, -0.05) is 17.7 Å². The topological polar surface area (TPSA) is 0 Å². The van der Waals surface area contributed by atoms with E-state index in [1.807, 2.05) is 0 Å². The van der Waals surface area contributed by atoms with Gasteiger partial charge in [0.1, 0.15) is 0 Å². The second-order valence-corrected chi connectivity index (χ2v) is 3.74. The molecule has 0 radical (unpaired) electrons. The lowest BCUT2D eigenvalue weighted by Crippen LogP contribution is -1.88. The van der Waals surface area contributed by atoms with Crippen LogP contribution in [0.1, 0.15) is 19.8 Å². The molecule has 0 saturated carbocycles. The maximum Gasteiger partial charge on any atom is 0.0223 e. The molecule has 0 N–H and O–H groups in total. The second kappa shape index (κ2) is 3.06. The number of hydrogen-bond acceptors (Lipinski definition) is 0. The van der Waals surface area contributed by atoms with Gasteiger partial charge in [-0.05, 0) is 47.9 Å². The average Bonchev–Trinajstić information content (AvgIpc) is 1.83. The van der Waals surface area contributed by atoms with Crippen LogP contribution in [0.5, 0.6) is 0 Å². The van der Waals surface area contributed by atoms with Gasteiger partial charge in [-0.15, -0.1) is 0 Å². The monoisotopic (exact) mass is 254 g/mol. The van der Waals surface area contributed by atoms with E-state index in [-0.39, 0.29) is 0 Å². The summed E-state index contributed by atoms with van der Waals surface area (Å²) >= 11 is 8.21. The molecule has 0 atom stereocenters. The van der Waals surface area contributed by atoms with Crippen LogP contribution >= 0.6 is 34.2 Å². The van der Waals surface area contributed by atoms with Crippen molar-refractivity contribution in [1.82, 2.24) is 0 Å². The highest BCUT2D eigenvalue weighted by atomic mass is 127. The number of hydrogen-bond donors (Lipinski definition) is 0. The molecule has 1 aliphatic carbocycles. The lowest BCUT2D eigenvalue weighted by atomic mass is 10.1. The molecule has 0 aromatic carbocycles. The Morgan fingerprint density at radius 1 is 1.67 bits per heavy atom. The zero-order chi connectivity index (χ0) is 6.85. The third-order valence-corrected chi connectivity index (χ3v) is 3.17. The summed E-state index contributed by atoms with van der Waals surface area (Å²) in [6, 6.07) is 0. The zero-order valence-electron chi connectivity index (χ0n) is 5.25. The van der Waals surface area contributed by atoms with Crippen LogP contribution in [-0.2, 0) is 0 Å². The van der Waals surface area contributed by atoms with E-state index in [2.05, 4.69) is 35.6 Å². The SMILES string of the molecule is CC1=C(Cl)CCC=C1I. The molecule has 1 aliphatic rings. The minimum absolute atomic E-state index is 1.03. The molecule has 0 aliphatic heterocycles. The summed E-state index contributed by atoms with van der Waals surface area (Å²) in [6.07, 6.45) is 4.36. The van der Waals surface area contributed by atoms with Crippen molar-refractivity contribution in [1.29, 1.82) is 0 Å². The summed E-state index contributed by atoms with van der Waals surface area (Å²) in [4.78, 5) is 0. The van der Waals surface area contributed by atoms with Crippen LogP contribution in [0.2, 0.25) is 0 Å². The highest BCUT2D eigenvalue weighted by molar-refractivity contribution is 14.1. The third kappa shape index (κ3) is 1.71. The lowest BCUT2D eigenvalue weighted by molar-refractivity contribution is 0.994. The highest BCUT2D eigenvalue weighted by Gasteiger charge is 2.06. The van der Waals surface area contributed by atoms with Crippen molar-refractivity contribution in [3.8, 4) is 0 Å². The number of halogens is 2. The Labute approximate surface area is 74.1 Å². The molecule has 0 heterocycles. The molecule has 0 amide bonds. The van der Waals surface area contributed by atoms with Gasteiger partial charge in [0.05, 0.1) is 0 Å². The number of rotatable bonds is 0. The largest absolute Gasteiger partial charge is 0.0888 e. The van der Waals surface area contributed by atoms with Gasteiger partial charge in [-0.25, -0.2) is 0 Å². The molecule has 0 fully saturated rings. The lowest BCUT2D eigenvalue weighted by Gasteiger charge is -2.09. The van der Waals surface area contributed by atoms with Gasteiger partial charge < -0.3 is 0 Å². The van der Waals surface area contributed by atoms with Crippen molar-refractivity contribution in [2.24, 2.45) is 0 Å². The normalized spacial score (nSPS) is 20.1. The quantitative estimate of drug-likeness (QED) is 0.579. The van der Waals surface area contributed by atoms with E-state index in [1.165, 1.54) is 9.15 Å². The molecule has 9 heavy (non-hydrogen) atoms. The molecule has 0 aromatic rings. The van der Waals surface area contributed by atoms with Crippen molar-refractivity contribution in [3.63, 3.8) is 0 Å². The first-order chi connectivity index (χ1) is 4.22. The fraction of sp³-hybridized carbons (Fsp3) is 0.429. The molecule has 0 unspecified atom stereocenters. The van der Waals surface area contributed by atoms with Crippen molar-refractivity contribution >= 4 is 34.2 Å².